The molecule has 14 heteroatoms. The van der Waals surface area contributed by atoms with E-state index in [1.54, 1.807) is 0 Å². The van der Waals surface area contributed by atoms with E-state index in [0.717, 1.165) is 16.8 Å². The van der Waals surface area contributed by atoms with Crippen molar-refractivity contribution in [2.24, 2.45) is 0 Å². The minimum Gasteiger partial charge on any atom is -0.494 e. The third-order valence-corrected chi connectivity index (χ3v) is 6.08. The Balaban J connectivity index is 1.53. The average Bonchev–Trinajstić information content (AvgIpc) is 3.60. The molecule has 0 spiro atoms. The Hall–Kier alpha value is -4.88. The van der Waals surface area contributed by atoms with Gasteiger partial charge in [-0.25, -0.2) is 18.7 Å². The molecule has 5 rings (SSSR count). The Morgan fingerprint density at radius 1 is 1.07 bits per heavy atom. The molecule has 9 nitrogen and oxygen atoms in total. The van der Waals surface area contributed by atoms with Crippen LogP contribution in [0.4, 0.5) is 22.0 Å². The molecule has 2 aliphatic rings. The predicted octanol–water partition coefficient (Wildman–Crippen LogP) is 5.52. The van der Waals surface area contributed by atoms with Gasteiger partial charge in [-0.2, -0.15) is 18.3 Å². The van der Waals surface area contributed by atoms with E-state index in [-0.39, 0.29) is 52.1 Å². The van der Waals surface area contributed by atoms with Crippen LogP contribution in [0.2, 0.25) is 0 Å². The third kappa shape index (κ3) is 5.44. The number of imidazole rings is 1. The van der Waals surface area contributed by atoms with E-state index in [4.69, 9.17) is 9.26 Å². The minimum atomic E-state index is -4.73. The molecule has 0 aliphatic carbocycles. The van der Waals surface area contributed by atoms with Crippen LogP contribution in [-0.2, 0) is 11.0 Å². The number of carbonyl (C=O) groups excluding carboxylic acids is 1. The molecule has 1 atom stereocenters. The summed E-state index contributed by atoms with van der Waals surface area (Å²) < 4.78 is 81.6. The Bertz CT molecular complexity index is 1680. The maximum Gasteiger partial charge on any atom is 0.417 e. The average molecular weight is 572 g/mol. The first kappa shape index (κ1) is 27.7. The number of carbonyl (C=O) groups is 1. The van der Waals surface area contributed by atoms with Gasteiger partial charge in [0, 0.05) is 18.7 Å². The summed E-state index contributed by atoms with van der Waals surface area (Å²) in [4.78, 5) is 21.3. The zero-order valence-electron chi connectivity index (χ0n) is 21.5. The number of nitrogens with zero attached hydrogens (tertiary/aromatic N) is 5. The van der Waals surface area contributed by atoms with Gasteiger partial charge in [0.05, 0.1) is 30.1 Å². The van der Waals surface area contributed by atoms with Gasteiger partial charge in [0.15, 0.2) is 29.3 Å². The highest BCUT2D eigenvalue weighted by molar-refractivity contribution is 5.83. The van der Waals surface area contributed by atoms with E-state index in [1.807, 2.05) is 6.92 Å². The maximum absolute atomic E-state index is 14.3. The number of alkyl halides is 3. The van der Waals surface area contributed by atoms with E-state index < -0.39 is 35.3 Å². The van der Waals surface area contributed by atoms with Crippen molar-refractivity contribution in [1.82, 2.24) is 30.2 Å². The molecule has 2 aromatic carbocycles. The van der Waals surface area contributed by atoms with Crippen LogP contribution in [0.15, 0.2) is 59.4 Å². The smallest absolute Gasteiger partial charge is 0.417 e. The molecule has 1 N–H and O–H groups in total. The lowest BCUT2D eigenvalue weighted by Gasteiger charge is -2.15. The molecule has 212 valence electrons. The summed E-state index contributed by atoms with van der Waals surface area (Å²) in [7, 11) is 1.36. The Kier molecular flexibility index (Phi) is 7.39. The molecule has 0 bridgehead atoms. The van der Waals surface area contributed by atoms with Crippen LogP contribution in [0.25, 0.3) is 34.0 Å². The lowest BCUT2D eigenvalue weighted by Crippen LogP contribution is -2.31. The van der Waals surface area contributed by atoms with Crippen LogP contribution in [0.1, 0.15) is 30.7 Å². The van der Waals surface area contributed by atoms with E-state index in [1.165, 1.54) is 49.8 Å². The first-order valence-corrected chi connectivity index (χ1v) is 12.3. The van der Waals surface area contributed by atoms with Crippen LogP contribution < -0.4 is 10.1 Å². The summed E-state index contributed by atoms with van der Waals surface area (Å²) in [6.45, 7) is 2.08. The molecular formula is C27H21F5N6O3. The molecule has 3 aromatic rings. The molecule has 41 heavy (non-hydrogen) atoms. The molecule has 0 saturated carbocycles. The number of amides is 1. The van der Waals surface area contributed by atoms with Crippen LogP contribution in [0, 0.1) is 11.6 Å². The number of halogens is 5. The van der Waals surface area contributed by atoms with Crippen LogP contribution in [0.5, 0.6) is 5.75 Å². The van der Waals surface area contributed by atoms with Gasteiger partial charge < -0.3 is 14.6 Å². The zero-order chi connectivity index (χ0) is 29.3. The number of nitrogens with one attached hydrogen (secondary N) is 1. The Morgan fingerprint density at radius 3 is 2.59 bits per heavy atom. The highest BCUT2D eigenvalue weighted by Crippen LogP contribution is 2.39. The highest BCUT2D eigenvalue weighted by Gasteiger charge is 2.36. The molecule has 3 heterocycles. The number of benzene rings is 2. The summed E-state index contributed by atoms with van der Waals surface area (Å²) in [5, 5.41) is 10.4. The summed E-state index contributed by atoms with van der Waals surface area (Å²) in [5.74, 6) is -2.98. The van der Waals surface area contributed by atoms with Gasteiger partial charge in [0.1, 0.15) is 22.8 Å². The number of ether oxygens (including phenoxy) is 1. The fraction of sp³-hybridized carbons (Fsp3) is 0.222. The van der Waals surface area contributed by atoms with Gasteiger partial charge in [-0.1, -0.05) is 18.1 Å². The first-order chi connectivity index (χ1) is 19.6. The van der Waals surface area contributed by atoms with Gasteiger partial charge in [0.2, 0.25) is 0 Å². The number of hydrogen-bond acceptors (Lipinski definition) is 7. The van der Waals surface area contributed by atoms with Crippen molar-refractivity contribution in [2.75, 3.05) is 13.7 Å². The van der Waals surface area contributed by atoms with Crippen LogP contribution >= 0.6 is 0 Å². The van der Waals surface area contributed by atoms with Gasteiger partial charge >= 0.3 is 6.18 Å². The maximum atomic E-state index is 14.3. The monoisotopic (exact) mass is 572 g/mol. The van der Waals surface area contributed by atoms with Gasteiger partial charge in [0.25, 0.3) is 5.91 Å². The van der Waals surface area contributed by atoms with E-state index in [9.17, 15) is 26.7 Å². The topological polar surface area (TPSA) is 108 Å². The van der Waals surface area contributed by atoms with Crippen molar-refractivity contribution < 1.29 is 36.0 Å². The van der Waals surface area contributed by atoms with Crippen molar-refractivity contribution >= 4 is 5.91 Å². The van der Waals surface area contributed by atoms with E-state index in [0.29, 0.717) is 6.42 Å². The lowest BCUT2D eigenvalue weighted by atomic mass is 10.0. The van der Waals surface area contributed by atoms with Gasteiger partial charge in [-0.05, 0) is 36.8 Å². The SMILES string of the molecule is CCCOc1ccc(-c2cc(C(C(=O)NC)n3cc4nc(-c5cccc(F)c5F)nc-4cn3)on2)c(C(F)(F)F)c1. The van der Waals surface area contributed by atoms with Crippen molar-refractivity contribution in [3.8, 4) is 39.8 Å². The number of rotatable bonds is 8. The summed E-state index contributed by atoms with van der Waals surface area (Å²) in [6, 6.07) is 6.98. The molecule has 0 saturated heterocycles. The van der Waals surface area contributed by atoms with Gasteiger partial charge in [-0.15, -0.1) is 0 Å². The number of aromatic nitrogens is 5. The molecule has 1 amide bonds. The summed E-state index contributed by atoms with van der Waals surface area (Å²) >= 11 is 0. The highest BCUT2D eigenvalue weighted by atomic mass is 19.4. The van der Waals surface area contributed by atoms with Crippen LogP contribution in [-0.4, -0.2) is 44.5 Å². The number of likely N-dealkylation sites (N-methyl/N-ethyl adjacent to an activating group) is 1. The quantitative estimate of drug-likeness (QED) is 0.244. The second-order valence-corrected chi connectivity index (χ2v) is 8.86. The van der Waals surface area contributed by atoms with Crippen molar-refractivity contribution in [2.45, 2.75) is 25.6 Å². The minimum absolute atomic E-state index is 0.0521. The van der Waals surface area contributed by atoms with Crippen LogP contribution in [0.3, 0.4) is 0 Å². The standard InChI is InChI=1S/C27H21F5N6O3/c1-3-9-40-14-7-8-15(17(10-14)27(30,31)32)19-11-22(41-37-19)24(26(39)33-2)38-13-21-20(12-34-38)35-25(36-21)16-5-4-6-18(28)23(16)29/h4-8,10-13,24H,3,9H2,1-2H3,(H,33,39). The Labute approximate surface area is 229 Å². The number of fused-ring (bicyclic) bond motifs is 1. The van der Waals surface area contributed by atoms with Crippen molar-refractivity contribution in [3.63, 3.8) is 0 Å². The second kappa shape index (κ2) is 10.9. The molecule has 1 unspecified atom stereocenters. The molecule has 0 radical (unpaired) electrons. The fourth-order valence-electron chi connectivity index (χ4n) is 4.13. The largest absolute Gasteiger partial charge is 0.494 e. The predicted molar refractivity (Wildman–Crippen MR) is 135 cm³/mol. The van der Waals surface area contributed by atoms with Crippen molar-refractivity contribution in [1.29, 1.82) is 0 Å². The fourth-order valence-corrected chi connectivity index (χ4v) is 4.13. The normalized spacial score (nSPS) is 12.5. The van der Waals surface area contributed by atoms with E-state index in [2.05, 4.69) is 25.5 Å². The number of hydrogen-bond donors (Lipinski definition) is 1. The zero-order valence-corrected chi connectivity index (χ0v) is 21.5. The molecular weight excluding hydrogens is 551 g/mol. The summed E-state index contributed by atoms with van der Waals surface area (Å²) in [5.41, 5.74) is -1.17. The second-order valence-electron chi connectivity index (χ2n) is 8.86. The van der Waals surface area contributed by atoms with Crippen molar-refractivity contribution in [3.05, 3.63) is 77.8 Å². The lowest BCUT2D eigenvalue weighted by molar-refractivity contribution is -0.137. The molecule has 1 aromatic heterocycles. The van der Waals surface area contributed by atoms with Gasteiger partial charge in [-0.3, -0.25) is 9.48 Å². The summed E-state index contributed by atoms with van der Waals surface area (Å²) in [6.07, 6.45) is -1.52. The third-order valence-electron chi connectivity index (χ3n) is 6.08. The Morgan fingerprint density at radius 2 is 1.85 bits per heavy atom. The first-order valence-electron chi connectivity index (χ1n) is 12.3. The molecule has 2 aliphatic heterocycles. The molecule has 0 fully saturated rings. The van der Waals surface area contributed by atoms with E-state index >= 15 is 0 Å².